The first-order valence-corrected chi connectivity index (χ1v) is 13.1. The maximum absolute atomic E-state index is 10.4. The van der Waals surface area contributed by atoms with Crippen molar-refractivity contribution in [2.24, 2.45) is 13.0 Å². The summed E-state index contributed by atoms with van der Waals surface area (Å²) in [6, 6.07) is 10.9. The SMILES string of the molecule is CN(C)C(O)NC1CCN(c2cccnn2)C[C@H]1COC1CCC(c2ccc3c(cnn3C)c2)CC1. The van der Waals surface area contributed by atoms with Gasteiger partial charge in [-0.3, -0.25) is 14.9 Å². The summed E-state index contributed by atoms with van der Waals surface area (Å²) in [5.41, 5.74) is 2.60. The first kappa shape index (κ1) is 25.1. The Morgan fingerprint density at radius 2 is 2.00 bits per heavy atom. The molecule has 194 valence electrons. The number of aryl methyl sites for hydroxylation is 1. The molecule has 1 aliphatic carbocycles. The lowest BCUT2D eigenvalue weighted by Crippen LogP contribution is -2.56. The fourth-order valence-corrected chi connectivity index (χ4v) is 5.69. The van der Waals surface area contributed by atoms with E-state index in [9.17, 15) is 5.11 Å². The summed E-state index contributed by atoms with van der Waals surface area (Å²) in [7, 11) is 5.75. The quantitative estimate of drug-likeness (QED) is 0.463. The largest absolute Gasteiger partial charge is 0.378 e. The number of hydrogen-bond acceptors (Lipinski definition) is 8. The molecule has 2 fully saturated rings. The van der Waals surface area contributed by atoms with Crippen molar-refractivity contribution in [2.45, 2.75) is 56.5 Å². The van der Waals surface area contributed by atoms with E-state index >= 15 is 0 Å². The molecule has 9 nitrogen and oxygen atoms in total. The molecule has 3 atom stereocenters. The molecule has 3 aromatic rings. The van der Waals surface area contributed by atoms with Gasteiger partial charge in [-0.15, -0.1) is 5.10 Å². The lowest BCUT2D eigenvalue weighted by atomic mass is 9.82. The molecule has 3 heterocycles. The van der Waals surface area contributed by atoms with Gasteiger partial charge >= 0.3 is 0 Å². The number of aliphatic hydroxyl groups is 1. The van der Waals surface area contributed by atoms with Crippen molar-refractivity contribution in [3.63, 3.8) is 0 Å². The van der Waals surface area contributed by atoms with Gasteiger partial charge in [0.1, 0.15) is 0 Å². The van der Waals surface area contributed by atoms with E-state index in [4.69, 9.17) is 4.74 Å². The Morgan fingerprint density at radius 1 is 1.17 bits per heavy atom. The third-order valence-corrected chi connectivity index (χ3v) is 7.93. The molecule has 9 heteroatoms. The summed E-state index contributed by atoms with van der Waals surface area (Å²) in [6.07, 6.45) is 8.64. The zero-order valence-corrected chi connectivity index (χ0v) is 21.6. The third-order valence-electron chi connectivity index (χ3n) is 7.93. The van der Waals surface area contributed by atoms with E-state index < -0.39 is 6.35 Å². The van der Waals surface area contributed by atoms with Crippen molar-refractivity contribution < 1.29 is 9.84 Å². The number of aliphatic hydroxyl groups excluding tert-OH is 1. The average Bonchev–Trinajstić information content (AvgIpc) is 3.28. The smallest absolute Gasteiger partial charge is 0.162 e. The van der Waals surface area contributed by atoms with Crippen molar-refractivity contribution in [1.29, 1.82) is 0 Å². The fourth-order valence-electron chi connectivity index (χ4n) is 5.69. The fraction of sp³-hybridized carbons (Fsp3) is 0.593. The molecule has 1 aliphatic heterocycles. The van der Waals surface area contributed by atoms with E-state index in [0.717, 1.165) is 51.0 Å². The van der Waals surface area contributed by atoms with Crippen LogP contribution in [0, 0.1) is 5.92 Å². The maximum atomic E-state index is 10.4. The molecule has 2 aromatic heterocycles. The molecule has 2 unspecified atom stereocenters. The van der Waals surface area contributed by atoms with E-state index in [-0.39, 0.29) is 18.1 Å². The average molecular weight is 494 g/mol. The second-order valence-electron chi connectivity index (χ2n) is 10.6. The topological polar surface area (TPSA) is 91.6 Å². The molecule has 36 heavy (non-hydrogen) atoms. The third kappa shape index (κ3) is 5.70. The van der Waals surface area contributed by atoms with Crippen LogP contribution in [0.3, 0.4) is 0 Å². The monoisotopic (exact) mass is 493 g/mol. The summed E-state index contributed by atoms with van der Waals surface area (Å²) in [4.78, 5) is 4.07. The number of ether oxygens (including phenoxy) is 1. The van der Waals surface area contributed by atoms with Crippen LogP contribution >= 0.6 is 0 Å². The first-order chi connectivity index (χ1) is 17.5. The number of anilines is 1. The van der Waals surface area contributed by atoms with E-state index in [2.05, 4.69) is 43.7 Å². The lowest BCUT2D eigenvalue weighted by Gasteiger charge is -2.41. The zero-order valence-electron chi connectivity index (χ0n) is 21.6. The van der Waals surface area contributed by atoms with Crippen LogP contribution in [0.4, 0.5) is 5.82 Å². The number of fused-ring (bicyclic) bond motifs is 1. The van der Waals surface area contributed by atoms with Crippen LogP contribution in [0.2, 0.25) is 0 Å². The summed E-state index contributed by atoms with van der Waals surface area (Å²) < 4.78 is 8.46. The number of rotatable bonds is 8. The molecule has 0 radical (unpaired) electrons. The Balaban J connectivity index is 1.18. The van der Waals surface area contributed by atoms with Crippen molar-refractivity contribution in [1.82, 2.24) is 30.2 Å². The van der Waals surface area contributed by atoms with Gasteiger partial charge in [0.2, 0.25) is 0 Å². The highest BCUT2D eigenvalue weighted by atomic mass is 16.5. The predicted molar refractivity (Wildman–Crippen MR) is 141 cm³/mol. The summed E-state index contributed by atoms with van der Waals surface area (Å²) >= 11 is 0. The van der Waals surface area contributed by atoms with Crippen LogP contribution in [0.25, 0.3) is 10.9 Å². The van der Waals surface area contributed by atoms with Gasteiger partial charge in [0, 0.05) is 43.7 Å². The molecule has 2 N–H and O–H groups in total. The molecule has 1 saturated heterocycles. The summed E-state index contributed by atoms with van der Waals surface area (Å²) in [5, 5.41) is 27.8. The Morgan fingerprint density at radius 3 is 2.75 bits per heavy atom. The zero-order chi connectivity index (χ0) is 25.1. The highest BCUT2D eigenvalue weighted by Crippen LogP contribution is 2.35. The molecule has 0 spiro atoms. The van der Waals surface area contributed by atoms with E-state index in [1.54, 1.807) is 11.1 Å². The molecular formula is C27H39N7O2. The molecular weight excluding hydrogens is 454 g/mol. The van der Waals surface area contributed by atoms with Gasteiger partial charge < -0.3 is 14.7 Å². The second kappa shape index (κ2) is 11.2. The second-order valence-corrected chi connectivity index (χ2v) is 10.6. The standard InChI is InChI=1S/C27H39N7O2/c1-32(2)27(35)30-24-12-14-34(26-5-4-13-28-31-26)17-22(24)18-36-23-9-6-19(7-10-23)20-8-11-25-21(15-20)16-29-33(25)3/h4-5,8,11,13,15-16,19,22-24,27,30,35H,6-7,9-10,12,14,17-18H2,1-3H3/t19?,22-,23?,24?,27?/m0/s1. The number of benzene rings is 1. The van der Waals surface area contributed by atoms with Gasteiger partial charge in [0.05, 0.1) is 24.4 Å². The molecule has 1 aromatic carbocycles. The van der Waals surface area contributed by atoms with Gasteiger partial charge in [-0.2, -0.15) is 10.2 Å². The van der Waals surface area contributed by atoms with Crippen LogP contribution in [-0.4, -0.2) is 82.3 Å². The van der Waals surface area contributed by atoms with Gasteiger partial charge in [-0.1, -0.05) is 6.07 Å². The Labute approximate surface area is 213 Å². The van der Waals surface area contributed by atoms with Crippen molar-refractivity contribution in [3.8, 4) is 0 Å². The van der Waals surface area contributed by atoms with Gasteiger partial charge in [0.15, 0.2) is 12.2 Å². The Bertz CT molecular complexity index is 1110. The molecule has 2 aliphatic rings. The number of hydrogen-bond donors (Lipinski definition) is 2. The van der Waals surface area contributed by atoms with Crippen LogP contribution in [0.5, 0.6) is 0 Å². The Hall–Kier alpha value is -2.59. The van der Waals surface area contributed by atoms with Crippen LogP contribution in [-0.2, 0) is 11.8 Å². The molecule has 0 amide bonds. The molecule has 5 rings (SSSR count). The normalized spacial score (nSPS) is 26.0. The van der Waals surface area contributed by atoms with Crippen molar-refractivity contribution in [3.05, 3.63) is 48.3 Å². The van der Waals surface area contributed by atoms with E-state index in [1.807, 2.05) is 44.2 Å². The minimum atomic E-state index is -0.673. The van der Waals surface area contributed by atoms with Gasteiger partial charge in [-0.05, 0) is 81.9 Å². The van der Waals surface area contributed by atoms with Crippen molar-refractivity contribution in [2.75, 3.05) is 38.7 Å². The molecule has 1 saturated carbocycles. The van der Waals surface area contributed by atoms with Crippen LogP contribution in [0.1, 0.15) is 43.6 Å². The summed E-state index contributed by atoms with van der Waals surface area (Å²) in [6.45, 7) is 2.38. The number of nitrogens with zero attached hydrogens (tertiary/aromatic N) is 6. The maximum Gasteiger partial charge on any atom is 0.162 e. The van der Waals surface area contributed by atoms with Crippen LogP contribution in [0.15, 0.2) is 42.7 Å². The van der Waals surface area contributed by atoms with Gasteiger partial charge in [-0.25, -0.2) is 0 Å². The highest BCUT2D eigenvalue weighted by Gasteiger charge is 2.33. The van der Waals surface area contributed by atoms with Crippen LogP contribution < -0.4 is 10.2 Å². The Kier molecular flexibility index (Phi) is 7.81. The van der Waals surface area contributed by atoms with Crippen molar-refractivity contribution >= 4 is 16.7 Å². The predicted octanol–water partition coefficient (Wildman–Crippen LogP) is 2.73. The minimum absolute atomic E-state index is 0.179. The first-order valence-electron chi connectivity index (χ1n) is 13.1. The van der Waals surface area contributed by atoms with Gasteiger partial charge in [0.25, 0.3) is 0 Å². The highest BCUT2D eigenvalue weighted by molar-refractivity contribution is 5.79. The molecule has 0 bridgehead atoms. The summed E-state index contributed by atoms with van der Waals surface area (Å²) in [5.74, 6) is 1.74. The minimum Gasteiger partial charge on any atom is -0.378 e. The number of piperidine rings is 1. The lowest BCUT2D eigenvalue weighted by molar-refractivity contribution is -0.0323. The van der Waals surface area contributed by atoms with E-state index in [1.165, 1.54) is 16.5 Å². The number of nitrogens with one attached hydrogen (secondary N) is 1. The number of aromatic nitrogens is 4. The van der Waals surface area contributed by atoms with E-state index in [0.29, 0.717) is 12.5 Å².